The van der Waals surface area contributed by atoms with E-state index in [1.807, 2.05) is 30.5 Å². The van der Waals surface area contributed by atoms with Gasteiger partial charge in [0.25, 0.3) is 0 Å². The molecule has 2 aromatic rings. The molecular formula is C15H18FNS. The lowest BCUT2D eigenvalue weighted by Crippen LogP contribution is -2.13. The zero-order valence-corrected chi connectivity index (χ0v) is 11.6. The Labute approximate surface area is 112 Å². The minimum absolute atomic E-state index is 0.136. The maximum absolute atomic E-state index is 14.0. The molecule has 1 aromatic heterocycles. The molecule has 18 heavy (non-hydrogen) atoms. The van der Waals surface area contributed by atoms with Crippen LogP contribution < -0.4 is 5.32 Å². The second-order valence-corrected chi connectivity index (χ2v) is 5.55. The van der Waals surface area contributed by atoms with Crippen LogP contribution in [0.25, 0.3) is 11.1 Å². The first-order valence-electron chi connectivity index (χ1n) is 6.25. The molecule has 0 unspecified atom stereocenters. The minimum Gasteiger partial charge on any atom is -0.313 e. The van der Waals surface area contributed by atoms with Crippen LogP contribution in [0.15, 0.2) is 29.6 Å². The van der Waals surface area contributed by atoms with Gasteiger partial charge in [-0.3, -0.25) is 0 Å². The van der Waals surface area contributed by atoms with Crippen molar-refractivity contribution in [1.82, 2.24) is 5.32 Å². The standard InChI is InChI=1S/C15H18FNS/c1-3-6-17-9-12-4-5-14(15(16)8-12)13-7-11(2)18-10-13/h4-5,7-8,10,17H,3,6,9H2,1-2H3. The number of rotatable bonds is 5. The van der Waals surface area contributed by atoms with Gasteiger partial charge in [-0.2, -0.15) is 0 Å². The Bertz CT molecular complexity index is 519. The summed E-state index contributed by atoms with van der Waals surface area (Å²) >= 11 is 1.65. The maximum Gasteiger partial charge on any atom is 0.131 e. The molecule has 0 saturated heterocycles. The second kappa shape index (κ2) is 6.12. The average molecular weight is 263 g/mol. The van der Waals surface area contributed by atoms with Crippen molar-refractivity contribution < 1.29 is 4.39 Å². The molecule has 2 rings (SSSR count). The maximum atomic E-state index is 14.0. The smallest absolute Gasteiger partial charge is 0.131 e. The van der Waals surface area contributed by atoms with Gasteiger partial charge in [0.1, 0.15) is 5.82 Å². The van der Waals surface area contributed by atoms with E-state index in [1.54, 1.807) is 17.4 Å². The van der Waals surface area contributed by atoms with Crippen molar-refractivity contribution in [1.29, 1.82) is 0 Å². The Morgan fingerprint density at radius 3 is 2.72 bits per heavy atom. The van der Waals surface area contributed by atoms with Crippen LogP contribution in [0.1, 0.15) is 23.8 Å². The van der Waals surface area contributed by atoms with Gasteiger partial charge in [0.15, 0.2) is 0 Å². The van der Waals surface area contributed by atoms with Crippen molar-refractivity contribution in [3.8, 4) is 11.1 Å². The highest BCUT2D eigenvalue weighted by molar-refractivity contribution is 7.10. The summed E-state index contributed by atoms with van der Waals surface area (Å²) < 4.78 is 14.0. The number of thiophene rings is 1. The third kappa shape index (κ3) is 3.18. The van der Waals surface area contributed by atoms with Gasteiger partial charge >= 0.3 is 0 Å². The molecule has 0 amide bonds. The van der Waals surface area contributed by atoms with Crippen molar-refractivity contribution in [2.45, 2.75) is 26.8 Å². The molecule has 0 saturated carbocycles. The molecule has 96 valence electrons. The third-order valence-electron chi connectivity index (χ3n) is 2.83. The van der Waals surface area contributed by atoms with E-state index >= 15 is 0 Å². The van der Waals surface area contributed by atoms with Gasteiger partial charge in [-0.1, -0.05) is 19.1 Å². The van der Waals surface area contributed by atoms with Gasteiger partial charge in [0, 0.05) is 17.0 Å². The molecule has 3 heteroatoms. The summed E-state index contributed by atoms with van der Waals surface area (Å²) in [5.41, 5.74) is 2.67. The predicted octanol–water partition coefficient (Wildman–Crippen LogP) is 4.36. The number of benzene rings is 1. The van der Waals surface area contributed by atoms with Crippen LogP contribution in [0.5, 0.6) is 0 Å². The number of halogens is 1. The minimum atomic E-state index is -0.136. The van der Waals surface area contributed by atoms with Gasteiger partial charge in [-0.05, 0) is 48.5 Å². The molecule has 0 aliphatic rings. The molecule has 0 atom stereocenters. The Morgan fingerprint density at radius 2 is 2.11 bits per heavy atom. The number of nitrogens with one attached hydrogen (secondary N) is 1. The summed E-state index contributed by atoms with van der Waals surface area (Å²) in [4.78, 5) is 1.21. The molecule has 1 aromatic carbocycles. The fourth-order valence-corrected chi connectivity index (χ4v) is 2.60. The largest absolute Gasteiger partial charge is 0.313 e. The van der Waals surface area contributed by atoms with Crippen molar-refractivity contribution in [2.24, 2.45) is 0 Å². The zero-order valence-electron chi connectivity index (χ0n) is 10.8. The molecule has 0 radical (unpaired) electrons. The number of aryl methyl sites for hydroxylation is 1. The first-order valence-corrected chi connectivity index (χ1v) is 7.13. The first kappa shape index (κ1) is 13.2. The van der Waals surface area contributed by atoms with Crippen LogP contribution >= 0.6 is 11.3 Å². The van der Waals surface area contributed by atoms with E-state index in [0.717, 1.165) is 30.6 Å². The third-order valence-corrected chi connectivity index (χ3v) is 3.69. The van der Waals surface area contributed by atoms with Gasteiger partial charge in [0.05, 0.1) is 0 Å². The summed E-state index contributed by atoms with van der Waals surface area (Å²) in [5.74, 6) is -0.136. The van der Waals surface area contributed by atoms with E-state index in [-0.39, 0.29) is 5.82 Å². The van der Waals surface area contributed by atoms with Crippen LogP contribution in [-0.2, 0) is 6.54 Å². The van der Waals surface area contributed by atoms with E-state index in [9.17, 15) is 4.39 Å². The van der Waals surface area contributed by atoms with Crippen LogP contribution in [-0.4, -0.2) is 6.54 Å². The highest BCUT2D eigenvalue weighted by atomic mass is 32.1. The first-order chi connectivity index (χ1) is 8.70. The van der Waals surface area contributed by atoms with Crippen LogP contribution in [0.4, 0.5) is 4.39 Å². The van der Waals surface area contributed by atoms with Crippen molar-refractivity contribution in [3.63, 3.8) is 0 Å². The zero-order chi connectivity index (χ0) is 13.0. The molecule has 0 spiro atoms. The fraction of sp³-hybridized carbons (Fsp3) is 0.333. The normalized spacial score (nSPS) is 10.8. The highest BCUT2D eigenvalue weighted by Crippen LogP contribution is 2.27. The molecule has 1 heterocycles. The quantitative estimate of drug-likeness (QED) is 0.790. The Morgan fingerprint density at radius 1 is 1.28 bits per heavy atom. The van der Waals surface area contributed by atoms with Crippen molar-refractivity contribution in [2.75, 3.05) is 6.54 Å². The fourth-order valence-electron chi connectivity index (χ4n) is 1.90. The molecule has 0 bridgehead atoms. The summed E-state index contributed by atoms with van der Waals surface area (Å²) in [7, 11) is 0. The lowest BCUT2D eigenvalue weighted by molar-refractivity contribution is 0.622. The van der Waals surface area contributed by atoms with E-state index in [4.69, 9.17) is 0 Å². The van der Waals surface area contributed by atoms with E-state index in [2.05, 4.69) is 12.2 Å². The molecule has 1 N–H and O–H groups in total. The predicted molar refractivity (Wildman–Crippen MR) is 76.4 cm³/mol. The second-order valence-electron chi connectivity index (χ2n) is 4.44. The summed E-state index contributed by atoms with van der Waals surface area (Å²) in [6.45, 7) is 5.85. The van der Waals surface area contributed by atoms with E-state index in [0.29, 0.717) is 5.56 Å². The van der Waals surface area contributed by atoms with Crippen LogP contribution in [0.2, 0.25) is 0 Å². The topological polar surface area (TPSA) is 12.0 Å². The van der Waals surface area contributed by atoms with Gasteiger partial charge in [0.2, 0.25) is 0 Å². The average Bonchev–Trinajstić information content (AvgIpc) is 2.76. The Hall–Kier alpha value is -1.19. The van der Waals surface area contributed by atoms with Crippen LogP contribution in [0, 0.1) is 12.7 Å². The monoisotopic (exact) mass is 263 g/mol. The van der Waals surface area contributed by atoms with Gasteiger partial charge in [-0.25, -0.2) is 4.39 Å². The van der Waals surface area contributed by atoms with E-state index in [1.165, 1.54) is 4.88 Å². The highest BCUT2D eigenvalue weighted by Gasteiger charge is 2.07. The lowest BCUT2D eigenvalue weighted by Gasteiger charge is -2.06. The molecular weight excluding hydrogens is 245 g/mol. The van der Waals surface area contributed by atoms with Gasteiger partial charge < -0.3 is 5.32 Å². The van der Waals surface area contributed by atoms with Gasteiger partial charge in [-0.15, -0.1) is 11.3 Å². The summed E-state index contributed by atoms with van der Waals surface area (Å²) in [5, 5.41) is 5.28. The molecule has 0 aliphatic heterocycles. The van der Waals surface area contributed by atoms with Crippen LogP contribution in [0.3, 0.4) is 0 Å². The summed E-state index contributed by atoms with van der Waals surface area (Å²) in [6.07, 6.45) is 1.09. The number of hydrogen-bond donors (Lipinski definition) is 1. The van der Waals surface area contributed by atoms with Crippen molar-refractivity contribution >= 4 is 11.3 Å². The Kier molecular flexibility index (Phi) is 4.50. The molecule has 0 aliphatic carbocycles. The molecule has 0 fully saturated rings. The molecule has 1 nitrogen and oxygen atoms in total. The Balaban J connectivity index is 2.15. The number of hydrogen-bond acceptors (Lipinski definition) is 2. The van der Waals surface area contributed by atoms with E-state index < -0.39 is 0 Å². The SMILES string of the molecule is CCCNCc1ccc(-c2csc(C)c2)c(F)c1. The summed E-state index contributed by atoms with van der Waals surface area (Å²) in [6, 6.07) is 7.52. The lowest BCUT2D eigenvalue weighted by atomic mass is 10.1. The van der Waals surface area contributed by atoms with Crippen molar-refractivity contribution in [3.05, 3.63) is 45.9 Å².